The number of hydrogen-bond acceptors (Lipinski definition) is 10. The highest BCUT2D eigenvalue weighted by Gasteiger charge is 2.42. The Kier molecular flexibility index (Phi) is 15.2. The van der Waals surface area contributed by atoms with Crippen LogP contribution in [0.3, 0.4) is 0 Å². The Morgan fingerprint density at radius 2 is 1.11 bits per heavy atom. The topological polar surface area (TPSA) is 152 Å². The van der Waals surface area contributed by atoms with Crippen molar-refractivity contribution in [2.45, 2.75) is 12.3 Å². The minimum Gasteiger partial charge on any atom is -0.472 e. The number of imide groups is 2. The quantitative estimate of drug-likeness (QED) is 0.190. The van der Waals surface area contributed by atoms with E-state index in [4.69, 9.17) is 75.4 Å². The number of nitrogens with zero attached hydrogens (tertiary/aromatic N) is 2. The van der Waals surface area contributed by atoms with Crippen LogP contribution < -0.4 is 5.46 Å². The summed E-state index contributed by atoms with van der Waals surface area (Å²) in [6, 6.07) is 9.31. The summed E-state index contributed by atoms with van der Waals surface area (Å²) >= 11 is 23.2. The van der Waals surface area contributed by atoms with Gasteiger partial charge in [0, 0.05) is 50.8 Å². The Bertz CT molecular complexity index is 2010. The first-order valence-electron chi connectivity index (χ1n) is 16.1. The van der Waals surface area contributed by atoms with Gasteiger partial charge >= 0.3 is 7.12 Å². The van der Waals surface area contributed by atoms with Crippen molar-refractivity contribution in [3.05, 3.63) is 145 Å². The Balaban J connectivity index is 0.000000201. The third kappa shape index (κ3) is 10.9. The minimum absolute atomic E-state index is 0.0749. The largest absolute Gasteiger partial charge is 0.488 e. The lowest BCUT2D eigenvalue weighted by Crippen LogP contribution is -2.32. The summed E-state index contributed by atoms with van der Waals surface area (Å²) < 4.78 is 21.0. The van der Waals surface area contributed by atoms with Crippen LogP contribution in [0.15, 0.2) is 107 Å². The molecule has 2 aliphatic heterocycles. The maximum atomic E-state index is 12.8. The molecule has 17 heteroatoms. The first-order chi connectivity index (χ1) is 26.2. The number of halogens is 4. The highest BCUT2D eigenvalue weighted by atomic mass is 35.5. The van der Waals surface area contributed by atoms with E-state index in [2.05, 4.69) is 12.2 Å². The van der Waals surface area contributed by atoms with Crippen LogP contribution in [-0.2, 0) is 38.1 Å². The number of ether oxygens (including phenoxy) is 4. The van der Waals surface area contributed by atoms with E-state index >= 15 is 0 Å². The van der Waals surface area contributed by atoms with Gasteiger partial charge in [-0.15, -0.1) is 0 Å². The zero-order chi connectivity index (χ0) is 40.4. The normalized spacial score (nSPS) is 17.2. The average Bonchev–Trinajstić information content (AvgIpc) is 3.62. The fourth-order valence-corrected chi connectivity index (χ4v) is 6.64. The highest BCUT2D eigenvalue weighted by molar-refractivity contribution is 6.59. The van der Waals surface area contributed by atoms with E-state index in [1.165, 1.54) is 63.7 Å². The zero-order valence-corrected chi connectivity index (χ0v) is 32.8. The number of hydrogen-bond donors (Lipinski definition) is 2. The van der Waals surface area contributed by atoms with Gasteiger partial charge in [-0.2, -0.15) is 0 Å². The van der Waals surface area contributed by atoms with Crippen LogP contribution in [0, 0.1) is 12.2 Å². The lowest BCUT2D eigenvalue weighted by molar-refractivity contribution is -0.139. The summed E-state index contributed by atoms with van der Waals surface area (Å²) in [6.07, 6.45) is 15.0. The van der Waals surface area contributed by atoms with Crippen molar-refractivity contribution in [2.75, 3.05) is 41.5 Å². The average molecular weight is 830 g/mol. The maximum Gasteiger partial charge on any atom is 0.488 e. The van der Waals surface area contributed by atoms with Crippen molar-refractivity contribution in [1.29, 1.82) is 0 Å². The van der Waals surface area contributed by atoms with E-state index < -0.39 is 13.0 Å². The first kappa shape index (κ1) is 42.8. The molecule has 0 aromatic heterocycles. The predicted molar refractivity (Wildman–Crippen MR) is 207 cm³/mol. The molecule has 4 aliphatic rings. The summed E-state index contributed by atoms with van der Waals surface area (Å²) in [5.41, 5.74) is 2.23. The summed E-state index contributed by atoms with van der Waals surface area (Å²) in [5.74, 6) is 0.169. The third-order valence-corrected chi connectivity index (χ3v) is 8.97. The van der Waals surface area contributed by atoms with Crippen molar-refractivity contribution in [2.24, 2.45) is 0 Å². The van der Waals surface area contributed by atoms with Gasteiger partial charge in [-0.1, -0.05) is 46.4 Å². The Hall–Kier alpha value is -4.94. The number of likely N-dealkylation sites (tertiary alicyclic amines) is 1. The van der Waals surface area contributed by atoms with Crippen LogP contribution in [0.4, 0.5) is 0 Å². The third-order valence-electron chi connectivity index (χ3n) is 8.09. The number of amides is 4. The fourth-order valence-electron chi connectivity index (χ4n) is 5.55. The van der Waals surface area contributed by atoms with E-state index in [9.17, 15) is 19.2 Å². The maximum absolute atomic E-state index is 12.8. The van der Waals surface area contributed by atoms with Gasteiger partial charge in [0.05, 0.1) is 34.4 Å². The smallest absolute Gasteiger partial charge is 0.472 e. The van der Waals surface area contributed by atoms with Crippen molar-refractivity contribution >= 4 is 82.6 Å². The summed E-state index contributed by atoms with van der Waals surface area (Å²) in [7, 11) is 4.52. The molecule has 1 unspecified atom stereocenters. The Morgan fingerprint density at radius 3 is 1.53 bits per heavy atom. The van der Waals surface area contributed by atoms with Crippen molar-refractivity contribution in [1.82, 2.24) is 9.80 Å². The van der Waals surface area contributed by atoms with Gasteiger partial charge in [0.1, 0.15) is 36.4 Å². The molecule has 2 aromatic carbocycles. The highest BCUT2D eigenvalue weighted by Crippen LogP contribution is 2.34. The van der Waals surface area contributed by atoms with Crippen molar-refractivity contribution < 1.29 is 48.2 Å². The molecule has 0 spiro atoms. The van der Waals surface area contributed by atoms with Gasteiger partial charge in [-0.3, -0.25) is 29.0 Å². The molecule has 2 aliphatic carbocycles. The second-order valence-electron chi connectivity index (χ2n) is 11.6. The Labute approximate surface area is 337 Å². The van der Waals surface area contributed by atoms with Crippen LogP contribution in [0.2, 0.25) is 20.1 Å². The molecule has 6 rings (SSSR count). The van der Waals surface area contributed by atoms with Crippen LogP contribution in [0.5, 0.6) is 0 Å². The van der Waals surface area contributed by atoms with Gasteiger partial charge in [0.2, 0.25) is 11.8 Å². The second kappa shape index (κ2) is 19.6. The lowest BCUT2D eigenvalue weighted by Gasteiger charge is -2.16. The molecular weight excluding hydrogens is 797 g/mol. The minimum atomic E-state index is -1.52. The van der Waals surface area contributed by atoms with Gasteiger partial charge in [-0.05, 0) is 47.4 Å². The molecule has 2 aromatic rings. The van der Waals surface area contributed by atoms with E-state index in [0.717, 1.165) is 4.90 Å². The molecule has 0 saturated carbocycles. The monoisotopic (exact) mass is 828 g/mol. The molecule has 4 amide bonds. The molecule has 0 bridgehead atoms. The van der Waals surface area contributed by atoms with Crippen LogP contribution in [0.25, 0.3) is 0 Å². The van der Waals surface area contributed by atoms with E-state index in [1.807, 2.05) is 0 Å². The molecule has 55 heavy (non-hydrogen) atoms. The molecule has 12 nitrogen and oxygen atoms in total. The summed E-state index contributed by atoms with van der Waals surface area (Å²) in [6.45, 7) is 0.223. The Morgan fingerprint density at radius 1 is 0.673 bits per heavy atom. The molecule has 2 N–H and O–H groups in total. The van der Waals surface area contributed by atoms with Gasteiger partial charge in [0.15, 0.2) is 12.2 Å². The van der Waals surface area contributed by atoms with Crippen LogP contribution >= 0.6 is 46.4 Å². The summed E-state index contributed by atoms with van der Waals surface area (Å²) in [4.78, 5) is 50.6. The molecule has 2 heterocycles. The SMILES string of the molecule is COC1=C[C+]=CC(CN2C(=O)C=CC2=O)=C1OC.COC1=C[C+]=CC(CN2C(=O)CC(c3cc(Cl)cc(Cl)c3)C2=O)=C1OC.OB(O)c1cc(Cl)cc(Cl)c1. The zero-order valence-electron chi connectivity index (χ0n) is 29.8. The van der Waals surface area contributed by atoms with E-state index in [1.54, 1.807) is 42.5 Å². The first-order valence-corrected chi connectivity index (χ1v) is 17.6. The van der Waals surface area contributed by atoms with Crippen LogP contribution in [-0.4, -0.2) is 92.1 Å². The summed E-state index contributed by atoms with van der Waals surface area (Å²) in [5, 5.41) is 19.1. The predicted octanol–water partition coefficient (Wildman–Crippen LogP) is 5.03. The van der Waals surface area contributed by atoms with E-state index in [0.29, 0.717) is 65.3 Å². The number of benzene rings is 2. The van der Waals surface area contributed by atoms with Gasteiger partial charge in [-0.25, -0.2) is 0 Å². The lowest BCUT2D eigenvalue weighted by atomic mass is 9.80. The number of rotatable bonds is 10. The van der Waals surface area contributed by atoms with Gasteiger partial charge in [0.25, 0.3) is 34.9 Å². The molecule has 1 fully saturated rings. The van der Waals surface area contributed by atoms with E-state index in [-0.39, 0.29) is 43.1 Å². The molecule has 0 radical (unpaired) electrons. The molecule has 284 valence electrons. The standard InChI is InChI=1S/C19H16Cl2NO4.C13H12NO4.C6H5BCl2O2/c1-25-16-5-3-4-11(18(16)26-2)10-22-17(23)9-15(19(22)24)12-6-13(20)8-14(21)7-12;1-17-10-5-3-4-9(13(10)18-2)8-14-11(15)6-7-12(14)16;8-5-1-4(7(10)11)2-6(9)3-5/h4-8,15H,9-10H2,1-2H3;4-7H,8H2,1-2H3;1-3,10-11H/q2*+1;. The van der Waals surface area contributed by atoms with Crippen molar-refractivity contribution in [3.63, 3.8) is 0 Å². The van der Waals surface area contributed by atoms with Crippen molar-refractivity contribution in [3.8, 4) is 0 Å². The second-order valence-corrected chi connectivity index (χ2v) is 13.4. The number of methoxy groups -OCH3 is 4. The molecular formula is C38H33BCl4N2O10+2. The van der Waals surface area contributed by atoms with Gasteiger partial charge < -0.3 is 29.0 Å². The number of carbonyl (C=O) groups is 4. The van der Waals surface area contributed by atoms with Crippen LogP contribution in [0.1, 0.15) is 17.9 Å². The molecule has 1 saturated heterocycles. The number of carbonyl (C=O) groups excluding carboxylic acids is 4. The number of allylic oxidation sites excluding steroid dienone is 4. The molecule has 1 atom stereocenters. The fraction of sp³-hybridized carbons (Fsp3) is 0.211.